The second kappa shape index (κ2) is 9.27. The summed E-state index contributed by atoms with van der Waals surface area (Å²) in [7, 11) is 0. The number of hydrogen-bond donors (Lipinski definition) is 1. The molecule has 3 rings (SSSR count). The maximum absolute atomic E-state index is 13.5. The second-order valence-corrected chi connectivity index (χ2v) is 7.79. The van der Waals surface area contributed by atoms with E-state index in [4.69, 9.17) is 16.3 Å². The number of carbonyl (C=O) groups excluding carboxylic acids is 2. The van der Waals surface area contributed by atoms with Crippen LogP contribution in [-0.4, -0.2) is 41.9 Å². The number of amides is 2. The van der Waals surface area contributed by atoms with Gasteiger partial charge in [-0.05, 0) is 69.2 Å². The molecule has 1 N–H and O–H groups in total. The number of ether oxygens (including phenoxy) is 1. The van der Waals surface area contributed by atoms with E-state index in [1.807, 2.05) is 13.8 Å². The number of nitrogens with one attached hydrogen (secondary N) is 1. The van der Waals surface area contributed by atoms with Gasteiger partial charge in [-0.25, -0.2) is 4.39 Å². The highest BCUT2D eigenvalue weighted by molar-refractivity contribution is 6.33. The van der Waals surface area contributed by atoms with Crippen LogP contribution >= 0.6 is 11.6 Å². The summed E-state index contributed by atoms with van der Waals surface area (Å²) in [5.74, 6) is -0.298. The highest BCUT2D eigenvalue weighted by Crippen LogP contribution is 2.25. The summed E-state index contributed by atoms with van der Waals surface area (Å²) in [4.78, 5) is 26.5. The molecule has 1 aliphatic heterocycles. The van der Waals surface area contributed by atoms with E-state index in [1.165, 1.54) is 18.2 Å². The van der Waals surface area contributed by atoms with Crippen molar-refractivity contribution in [3.8, 4) is 5.75 Å². The fraction of sp³-hybridized carbons (Fsp3) is 0.364. The van der Waals surface area contributed by atoms with Crippen molar-refractivity contribution in [2.75, 3.05) is 13.2 Å². The lowest BCUT2D eigenvalue weighted by atomic mass is 10.1. The van der Waals surface area contributed by atoms with Crippen molar-refractivity contribution in [2.45, 2.75) is 38.8 Å². The third kappa shape index (κ3) is 5.26. The zero-order chi connectivity index (χ0) is 21.0. The van der Waals surface area contributed by atoms with Crippen LogP contribution in [0.25, 0.3) is 0 Å². The van der Waals surface area contributed by atoms with Gasteiger partial charge in [0.2, 0.25) is 0 Å². The topological polar surface area (TPSA) is 58.6 Å². The van der Waals surface area contributed by atoms with Crippen LogP contribution in [-0.2, 0) is 0 Å². The molecule has 1 heterocycles. The van der Waals surface area contributed by atoms with E-state index < -0.39 is 5.82 Å². The molecule has 1 aliphatic rings. The van der Waals surface area contributed by atoms with Gasteiger partial charge in [0, 0.05) is 18.2 Å². The Hall–Kier alpha value is -2.60. The lowest BCUT2D eigenvalue weighted by Gasteiger charge is -2.25. The highest BCUT2D eigenvalue weighted by atomic mass is 35.5. The van der Waals surface area contributed by atoms with E-state index in [0.29, 0.717) is 24.5 Å². The fourth-order valence-electron chi connectivity index (χ4n) is 3.33. The van der Waals surface area contributed by atoms with Crippen LogP contribution in [0.15, 0.2) is 42.5 Å². The van der Waals surface area contributed by atoms with Crippen LogP contribution in [0, 0.1) is 5.82 Å². The van der Waals surface area contributed by atoms with Crippen molar-refractivity contribution in [2.24, 2.45) is 0 Å². The molecule has 0 aliphatic carbocycles. The van der Waals surface area contributed by atoms with Crippen LogP contribution in [0.4, 0.5) is 4.39 Å². The molecule has 2 aromatic carbocycles. The monoisotopic (exact) mass is 418 g/mol. The minimum Gasteiger partial charge on any atom is -0.491 e. The lowest BCUT2D eigenvalue weighted by molar-refractivity contribution is 0.0691. The number of hydrogen-bond acceptors (Lipinski definition) is 3. The van der Waals surface area contributed by atoms with Gasteiger partial charge in [-0.3, -0.25) is 9.59 Å². The van der Waals surface area contributed by atoms with Crippen LogP contribution in [0.5, 0.6) is 5.75 Å². The molecule has 1 atom stereocenters. The van der Waals surface area contributed by atoms with Gasteiger partial charge in [0.1, 0.15) is 18.2 Å². The Labute approximate surface area is 174 Å². The number of rotatable bonds is 6. The van der Waals surface area contributed by atoms with Crippen molar-refractivity contribution in [1.82, 2.24) is 10.2 Å². The molecule has 29 heavy (non-hydrogen) atoms. The molecule has 0 aromatic heterocycles. The lowest BCUT2D eigenvalue weighted by Crippen LogP contribution is -2.39. The van der Waals surface area contributed by atoms with Gasteiger partial charge in [0.15, 0.2) is 0 Å². The Morgan fingerprint density at radius 2 is 1.97 bits per heavy atom. The molecule has 154 valence electrons. The summed E-state index contributed by atoms with van der Waals surface area (Å²) >= 11 is 6.08. The van der Waals surface area contributed by atoms with Crippen molar-refractivity contribution in [3.63, 3.8) is 0 Å². The van der Waals surface area contributed by atoms with Gasteiger partial charge >= 0.3 is 0 Å². The molecule has 1 saturated heterocycles. The summed E-state index contributed by atoms with van der Waals surface area (Å²) in [6, 6.07) is 10.6. The molecule has 0 unspecified atom stereocenters. The predicted molar refractivity (Wildman–Crippen MR) is 110 cm³/mol. The Balaban J connectivity index is 1.62. The quantitative estimate of drug-likeness (QED) is 0.760. The summed E-state index contributed by atoms with van der Waals surface area (Å²) in [5, 5.41) is 3.07. The van der Waals surface area contributed by atoms with Crippen LogP contribution in [0.1, 0.15) is 47.4 Å². The maximum Gasteiger partial charge on any atom is 0.255 e. The van der Waals surface area contributed by atoms with E-state index in [0.717, 1.165) is 12.8 Å². The molecular weight excluding hydrogens is 395 g/mol. The van der Waals surface area contributed by atoms with Gasteiger partial charge in [-0.15, -0.1) is 0 Å². The Bertz CT molecular complexity index is 886. The molecule has 2 amide bonds. The Morgan fingerprint density at radius 3 is 2.66 bits per heavy atom. The second-order valence-electron chi connectivity index (χ2n) is 7.38. The highest BCUT2D eigenvalue weighted by Gasteiger charge is 2.31. The van der Waals surface area contributed by atoms with Crippen molar-refractivity contribution in [3.05, 3.63) is 64.4 Å². The largest absolute Gasteiger partial charge is 0.491 e. The Kier molecular flexibility index (Phi) is 6.75. The van der Waals surface area contributed by atoms with E-state index in [-0.39, 0.29) is 34.5 Å². The molecular formula is C22H24ClFN2O3. The maximum atomic E-state index is 13.5. The van der Waals surface area contributed by atoms with Crippen molar-refractivity contribution in [1.29, 1.82) is 0 Å². The van der Waals surface area contributed by atoms with E-state index in [9.17, 15) is 14.0 Å². The molecule has 1 fully saturated rings. The zero-order valence-electron chi connectivity index (χ0n) is 16.5. The molecule has 0 spiro atoms. The SMILES string of the molecule is CC(C)NC(=O)c1ccc(OC[C@H]2CCCN2C(=O)c2cc(F)ccc2Cl)cc1. The number of halogens is 2. The molecule has 7 heteroatoms. The predicted octanol–water partition coefficient (Wildman–Crippen LogP) is 4.30. The smallest absolute Gasteiger partial charge is 0.255 e. The van der Waals surface area contributed by atoms with Gasteiger partial charge in [-0.2, -0.15) is 0 Å². The normalized spacial score (nSPS) is 16.2. The first-order chi connectivity index (χ1) is 13.8. The zero-order valence-corrected chi connectivity index (χ0v) is 17.2. The first-order valence-electron chi connectivity index (χ1n) is 9.65. The molecule has 0 bridgehead atoms. The Morgan fingerprint density at radius 1 is 1.24 bits per heavy atom. The number of nitrogens with zero attached hydrogens (tertiary/aromatic N) is 1. The summed E-state index contributed by atoms with van der Waals surface area (Å²) < 4.78 is 19.4. The minimum absolute atomic E-state index is 0.0657. The van der Waals surface area contributed by atoms with E-state index in [1.54, 1.807) is 29.2 Å². The molecule has 0 radical (unpaired) electrons. The first kappa shape index (κ1) is 21.1. The summed E-state index contributed by atoms with van der Waals surface area (Å²) in [6.45, 7) is 4.70. The van der Waals surface area contributed by atoms with Crippen LogP contribution < -0.4 is 10.1 Å². The van der Waals surface area contributed by atoms with Crippen molar-refractivity contribution >= 4 is 23.4 Å². The average Bonchev–Trinajstić information content (AvgIpc) is 3.16. The van der Waals surface area contributed by atoms with Crippen molar-refractivity contribution < 1.29 is 18.7 Å². The number of benzene rings is 2. The van der Waals surface area contributed by atoms with Gasteiger partial charge in [-0.1, -0.05) is 11.6 Å². The number of carbonyl (C=O) groups is 2. The third-order valence-electron chi connectivity index (χ3n) is 4.78. The van der Waals surface area contributed by atoms with Gasteiger partial charge < -0.3 is 15.0 Å². The summed E-state index contributed by atoms with van der Waals surface area (Å²) in [6.07, 6.45) is 1.65. The summed E-state index contributed by atoms with van der Waals surface area (Å²) in [5.41, 5.74) is 0.726. The third-order valence-corrected chi connectivity index (χ3v) is 5.11. The standard InChI is InChI=1S/C22H24ClFN2O3/c1-14(2)25-21(27)15-5-8-18(9-6-15)29-13-17-4-3-11-26(17)22(28)19-12-16(24)7-10-20(19)23/h5-10,12,14,17H,3-4,11,13H2,1-2H3,(H,25,27)/t17-/m1/s1. The van der Waals surface area contributed by atoms with Gasteiger partial charge in [0.05, 0.1) is 16.6 Å². The average molecular weight is 419 g/mol. The van der Waals surface area contributed by atoms with E-state index >= 15 is 0 Å². The molecule has 0 saturated carbocycles. The molecule has 2 aromatic rings. The minimum atomic E-state index is -0.494. The van der Waals surface area contributed by atoms with E-state index in [2.05, 4.69) is 5.32 Å². The first-order valence-corrected chi connectivity index (χ1v) is 10.0. The van der Waals surface area contributed by atoms with Crippen LogP contribution in [0.2, 0.25) is 5.02 Å². The molecule has 5 nitrogen and oxygen atoms in total. The van der Waals surface area contributed by atoms with Gasteiger partial charge in [0.25, 0.3) is 11.8 Å². The fourth-order valence-corrected chi connectivity index (χ4v) is 3.53. The van der Waals surface area contributed by atoms with Crippen LogP contribution in [0.3, 0.4) is 0 Å². The number of likely N-dealkylation sites (tertiary alicyclic amines) is 1.